The summed E-state index contributed by atoms with van der Waals surface area (Å²) in [6, 6.07) is 9.36. The van der Waals surface area contributed by atoms with Crippen LogP contribution in [0.2, 0.25) is 0 Å². The lowest BCUT2D eigenvalue weighted by Crippen LogP contribution is -2.48. The van der Waals surface area contributed by atoms with Gasteiger partial charge in [-0.2, -0.15) is 5.26 Å². The van der Waals surface area contributed by atoms with E-state index in [1.54, 1.807) is 12.1 Å². The van der Waals surface area contributed by atoms with Crippen molar-refractivity contribution in [2.24, 2.45) is 5.92 Å². The number of carbonyl (C=O) groups excluding carboxylic acids is 2. The molecular formula is C21H29N3O3. The first kappa shape index (κ1) is 20.8. The monoisotopic (exact) mass is 371 g/mol. The predicted molar refractivity (Wildman–Crippen MR) is 103 cm³/mol. The quantitative estimate of drug-likeness (QED) is 0.762. The van der Waals surface area contributed by atoms with Crippen molar-refractivity contribution in [3.8, 4) is 11.8 Å². The van der Waals surface area contributed by atoms with Crippen LogP contribution in [0.15, 0.2) is 24.3 Å². The highest BCUT2D eigenvalue weighted by Crippen LogP contribution is 2.17. The summed E-state index contributed by atoms with van der Waals surface area (Å²) in [5.74, 6) is 0.815. The molecule has 0 atom stereocenters. The van der Waals surface area contributed by atoms with E-state index in [0.717, 1.165) is 31.2 Å². The Morgan fingerprint density at radius 1 is 1.22 bits per heavy atom. The third-order valence-corrected chi connectivity index (χ3v) is 5.08. The van der Waals surface area contributed by atoms with Crippen molar-refractivity contribution in [1.29, 1.82) is 5.26 Å². The van der Waals surface area contributed by atoms with Gasteiger partial charge in [-0.3, -0.25) is 9.59 Å². The zero-order valence-corrected chi connectivity index (χ0v) is 16.2. The number of carbonyl (C=O) groups is 2. The lowest BCUT2D eigenvalue weighted by molar-refractivity contribution is -0.137. The van der Waals surface area contributed by atoms with Crippen molar-refractivity contribution in [2.75, 3.05) is 19.7 Å². The molecule has 0 unspecified atom stereocenters. The molecule has 1 aliphatic heterocycles. The number of nitrogens with zero attached hydrogens (tertiary/aromatic N) is 2. The van der Waals surface area contributed by atoms with Crippen LogP contribution in [0, 0.1) is 17.2 Å². The number of nitriles is 1. The number of likely N-dealkylation sites (tertiary alicyclic amines) is 1. The molecule has 0 bridgehead atoms. The van der Waals surface area contributed by atoms with Crippen molar-refractivity contribution in [2.45, 2.75) is 52.0 Å². The number of benzene rings is 1. The Bertz CT molecular complexity index is 654. The van der Waals surface area contributed by atoms with Gasteiger partial charge < -0.3 is 15.0 Å². The number of ether oxygens (including phenoxy) is 1. The van der Waals surface area contributed by atoms with Crippen molar-refractivity contribution in [3.63, 3.8) is 0 Å². The van der Waals surface area contributed by atoms with E-state index in [-0.39, 0.29) is 30.4 Å². The van der Waals surface area contributed by atoms with Crippen LogP contribution < -0.4 is 10.1 Å². The zero-order chi connectivity index (χ0) is 19.6. The second-order valence-corrected chi connectivity index (χ2v) is 6.95. The summed E-state index contributed by atoms with van der Waals surface area (Å²) in [5, 5.41) is 11.7. The van der Waals surface area contributed by atoms with Crippen LogP contribution in [0.1, 0.15) is 45.1 Å². The van der Waals surface area contributed by atoms with Crippen LogP contribution in [0.3, 0.4) is 0 Å². The first-order valence-electron chi connectivity index (χ1n) is 9.74. The van der Waals surface area contributed by atoms with Gasteiger partial charge in [-0.1, -0.05) is 26.0 Å². The summed E-state index contributed by atoms with van der Waals surface area (Å²) >= 11 is 0. The SMILES string of the molecule is CCC(CC)C(=O)N1CCC(NC(=O)COc2ccc(CC#N)cc2)CC1. The normalized spacial score (nSPS) is 14.7. The molecule has 27 heavy (non-hydrogen) atoms. The average Bonchev–Trinajstić information content (AvgIpc) is 2.69. The minimum absolute atomic E-state index is 0.0372. The highest BCUT2D eigenvalue weighted by Gasteiger charge is 2.27. The van der Waals surface area contributed by atoms with Gasteiger partial charge in [-0.05, 0) is 43.4 Å². The van der Waals surface area contributed by atoms with Gasteiger partial charge >= 0.3 is 0 Å². The third-order valence-electron chi connectivity index (χ3n) is 5.08. The zero-order valence-electron chi connectivity index (χ0n) is 16.2. The van der Waals surface area contributed by atoms with Crippen LogP contribution in [-0.2, 0) is 16.0 Å². The van der Waals surface area contributed by atoms with Crippen LogP contribution in [0.25, 0.3) is 0 Å². The van der Waals surface area contributed by atoms with E-state index in [2.05, 4.69) is 25.2 Å². The van der Waals surface area contributed by atoms with Gasteiger partial charge in [0.2, 0.25) is 5.91 Å². The molecule has 6 nitrogen and oxygen atoms in total. The number of amides is 2. The number of hydrogen-bond donors (Lipinski definition) is 1. The number of hydrogen-bond acceptors (Lipinski definition) is 4. The van der Waals surface area contributed by atoms with Crippen molar-refractivity contribution >= 4 is 11.8 Å². The van der Waals surface area contributed by atoms with Crippen LogP contribution in [0.4, 0.5) is 0 Å². The standard InChI is InChI=1S/C21H29N3O3/c1-3-17(4-2)21(26)24-13-10-18(11-14-24)23-20(25)15-27-19-7-5-16(6-8-19)9-12-22/h5-8,17-18H,3-4,9-11,13-15H2,1-2H3,(H,23,25). The molecule has 1 aliphatic rings. The van der Waals surface area contributed by atoms with E-state index in [1.807, 2.05) is 17.0 Å². The molecule has 1 N–H and O–H groups in total. The molecule has 0 saturated carbocycles. The number of nitrogens with one attached hydrogen (secondary N) is 1. The fourth-order valence-corrected chi connectivity index (χ4v) is 3.35. The fourth-order valence-electron chi connectivity index (χ4n) is 3.35. The number of rotatable bonds is 8. The molecule has 1 fully saturated rings. The van der Waals surface area contributed by atoms with Crippen LogP contribution in [-0.4, -0.2) is 42.5 Å². The molecule has 0 radical (unpaired) electrons. The van der Waals surface area contributed by atoms with Gasteiger partial charge in [0.15, 0.2) is 6.61 Å². The Labute approximate surface area is 161 Å². The summed E-state index contributed by atoms with van der Waals surface area (Å²) in [7, 11) is 0. The summed E-state index contributed by atoms with van der Waals surface area (Å²) in [6.07, 6.45) is 3.67. The summed E-state index contributed by atoms with van der Waals surface area (Å²) in [5.41, 5.74) is 0.920. The van der Waals surface area contributed by atoms with E-state index in [9.17, 15) is 9.59 Å². The molecule has 2 rings (SSSR count). The van der Waals surface area contributed by atoms with E-state index in [0.29, 0.717) is 25.3 Å². The topological polar surface area (TPSA) is 82.4 Å². The summed E-state index contributed by atoms with van der Waals surface area (Å²) in [4.78, 5) is 26.5. The Hall–Kier alpha value is -2.55. The maximum Gasteiger partial charge on any atom is 0.258 e. The Morgan fingerprint density at radius 2 is 1.85 bits per heavy atom. The fraction of sp³-hybridized carbons (Fsp3) is 0.571. The van der Waals surface area contributed by atoms with Gasteiger partial charge in [0, 0.05) is 25.0 Å². The van der Waals surface area contributed by atoms with Crippen molar-refractivity contribution in [3.05, 3.63) is 29.8 Å². The molecule has 0 spiro atoms. The summed E-state index contributed by atoms with van der Waals surface area (Å²) in [6.45, 7) is 5.46. The maximum atomic E-state index is 12.4. The Morgan fingerprint density at radius 3 is 2.41 bits per heavy atom. The lowest BCUT2D eigenvalue weighted by Gasteiger charge is -2.34. The Balaban J connectivity index is 1.71. The predicted octanol–water partition coefficient (Wildman–Crippen LogP) is 2.67. The highest BCUT2D eigenvalue weighted by molar-refractivity contribution is 5.79. The molecule has 146 valence electrons. The number of piperidine rings is 1. The summed E-state index contributed by atoms with van der Waals surface area (Å²) < 4.78 is 5.50. The van der Waals surface area contributed by atoms with E-state index < -0.39 is 0 Å². The van der Waals surface area contributed by atoms with E-state index in [1.165, 1.54) is 0 Å². The molecule has 0 aliphatic carbocycles. The van der Waals surface area contributed by atoms with Gasteiger partial charge in [0.1, 0.15) is 5.75 Å². The van der Waals surface area contributed by atoms with Gasteiger partial charge in [0.05, 0.1) is 12.5 Å². The molecule has 2 amide bonds. The second kappa shape index (κ2) is 10.6. The first-order valence-corrected chi connectivity index (χ1v) is 9.74. The maximum absolute atomic E-state index is 12.4. The smallest absolute Gasteiger partial charge is 0.258 e. The molecule has 6 heteroatoms. The average molecular weight is 371 g/mol. The highest BCUT2D eigenvalue weighted by atomic mass is 16.5. The minimum atomic E-state index is -0.152. The van der Waals surface area contributed by atoms with E-state index >= 15 is 0 Å². The Kier molecular flexibility index (Phi) is 8.12. The molecule has 1 saturated heterocycles. The molecule has 0 aromatic heterocycles. The first-order chi connectivity index (χ1) is 13.1. The molecule has 1 aromatic rings. The molecule has 1 aromatic carbocycles. The van der Waals surface area contributed by atoms with Gasteiger partial charge in [0.25, 0.3) is 5.91 Å². The van der Waals surface area contributed by atoms with Gasteiger partial charge in [-0.15, -0.1) is 0 Å². The molecular weight excluding hydrogens is 342 g/mol. The molecule has 1 heterocycles. The van der Waals surface area contributed by atoms with Crippen molar-refractivity contribution in [1.82, 2.24) is 10.2 Å². The lowest BCUT2D eigenvalue weighted by atomic mass is 9.98. The van der Waals surface area contributed by atoms with Crippen LogP contribution >= 0.6 is 0 Å². The van der Waals surface area contributed by atoms with E-state index in [4.69, 9.17) is 10.00 Å². The second-order valence-electron chi connectivity index (χ2n) is 6.95. The van der Waals surface area contributed by atoms with Gasteiger partial charge in [-0.25, -0.2) is 0 Å². The van der Waals surface area contributed by atoms with Crippen LogP contribution in [0.5, 0.6) is 5.75 Å². The third kappa shape index (κ3) is 6.28. The minimum Gasteiger partial charge on any atom is -0.484 e. The van der Waals surface area contributed by atoms with Crippen molar-refractivity contribution < 1.29 is 14.3 Å². The largest absolute Gasteiger partial charge is 0.484 e.